The van der Waals surface area contributed by atoms with Gasteiger partial charge in [-0.25, -0.2) is 4.31 Å². The van der Waals surface area contributed by atoms with Crippen molar-refractivity contribution in [3.05, 3.63) is 11.6 Å². The molecule has 1 N–H and O–H groups in total. The number of nitrogens with zero attached hydrogens (tertiary/aromatic N) is 1. The van der Waals surface area contributed by atoms with Gasteiger partial charge in [-0.1, -0.05) is 0 Å². The summed E-state index contributed by atoms with van der Waals surface area (Å²) in [5, 5.41) is 1.60. The number of hydrogen-bond donors (Lipinski definition) is 1. The minimum absolute atomic E-state index is 0. The second kappa shape index (κ2) is 3.47. The van der Waals surface area contributed by atoms with E-state index in [-0.39, 0.29) is 18.3 Å². The highest BCUT2D eigenvalue weighted by Crippen LogP contribution is 2.16. The van der Waals surface area contributed by atoms with E-state index in [1.807, 2.05) is 0 Å². The lowest BCUT2D eigenvalue weighted by Gasteiger charge is -2.07. The van der Waals surface area contributed by atoms with Crippen molar-refractivity contribution in [2.45, 2.75) is 0 Å². The first-order chi connectivity index (χ1) is 4.11. The van der Waals surface area contributed by atoms with Gasteiger partial charge in [0.05, 0.1) is 5.88 Å². The Morgan fingerprint density at radius 3 is 2.40 bits per heavy atom. The Morgan fingerprint density at radius 1 is 1.60 bits per heavy atom. The van der Waals surface area contributed by atoms with Gasteiger partial charge in [-0.15, -0.1) is 24.2 Å². The molecule has 4 nitrogen and oxygen atoms in total. The van der Waals surface area contributed by atoms with E-state index in [9.17, 15) is 8.42 Å². The van der Waals surface area contributed by atoms with Crippen LogP contribution in [0.5, 0.6) is 0 Å². The van der Waals surface area contributed by atoms with E-state index in [0.717, 1.165) is 4.31 Å². The highest BCUT2D eigenvalue weighted by Gasteiger charge is 2.16. The van der Waals surface area contributed by atoms with Crippen molar-refractivity contribution in [3.63, 3.8) is 0 Å². The summed E-state index contributed by atoms with van der Waals surface area (Å²) in [7, 11) is -3.98. The number of rotatable bonds is 1. The van der Waals surface area contributed by atoms with Gasteiger partial charge in [0.15, 0.2) is 0 Å². The van der Waals surface area contributed by atoms with Gasteiger partial charge in [0.25, 0.3) is 0 Å². The van der Waals surface area contributed by atoms with Gasteiger partial charge >= 0.3 is 10.3 Å². The van der Waals surface area contributed by atoms with Gasteiger partial charge in [0.2, 0.25) is 0 Å². The number of hydrogen-bond acceptors (Lipinski definition) is 3. The van der Waals surface area contributed by atoms with E-state index in [1.165, 1.54) is 18.0 Å². The lowest BCUT2D eigenvalue weighted by molar-refractivity contribution is 0.427. The van der Waals surface area contributed by atoms with Crippen LogP contribution >= 0.6 is 24.2 Å². The van der Waals surface area contributed by atoms with Crippen molar-refractivity contribution in [2.24, 2.45) is 0 Å². The van der Waals surface area contributed by atoms with Crippen molar-refractivity contribution in [1.82, 2.24) is 4.31 Å². The summed E-state index contributed by atoms with van der Waals surface area (Å²) < 4.78 is 29.7. The van der Waals surface area contributed by atoms with Crippen LogP contribution in [0.4, 0.5) is 0 Å². The van der Waals surface area contributed by atoms with Crippen molar-refractivity contribution in [1.29, 1.82) is 0 Å². The van der Waals surface area contributed by atoms with E-state index in [2.05, 4.69) is 0 Å². The Bertz CT molecular complexity index is 224. The Balaban J connectivity index is 0.000000810. The van der Waals surface area contributed by atoms with Crippen molar-refractivity contribution >= 4 is 34.5 Å². The molecule has 0 aromatic heterocycles. The molecule has 60 valence electrons. The predicted molar refractivity (Wildman–Crippen MR) is 42.2 cm³/mol. The van der Waals surface area contributed by atoms with E-state index in [0.29, 0.717) is 0 Å². The SMILES string of the molecule is Cl.O=S(=O)(O)N1C=CSC1. The fourth-order valence-corrected chi connectivity index (χ4v) is 1.97. The molecule has 0 saturated heterocycles. The summed E-state index contributed by atoms with van der Waals surface area (Å²) in [6.45, 7) is 0. The van der Waals surface area contributed by atoms with Crippen molar-refractivity contribution in [2.75, 3.05) is 5.88 Å². The zero-order valence-electron chi connectivity index (χ0n) is 4.80. The van der Waals surface area contributed by atoms with Crippen molar-refractivity contribution in [3.8, 4) is 0 Å². The molecular weight excluding hydrogens is 198 g/mol. The molecule has 0 bridgehead atoms. The Hall–Kier alpha value is 0.0900. The fourth-order valence-electron chi connectivity index (χ4n) is 0.414. The van der Waals surface area contributed by atoms with E-state index >= 15 is 0 Å². The number of thioether (sulfide) groups is 1. The van der Waals surface area contributed by atoms with Gasteiger partial charge in [0, 0.05) is 6.20 Å². The molecule has 1 aliphatic heterocycles. The minimum Gasteiger partial charge on any atom is -0.269 e. The molecule has 0 aromatic carbocycles. The summed E-state index contributed by atoms with van der Waals surface area (Å²) in [4.78, 5) is 0. The summed E-state index contributed by atoms with van der Waals surface area (Å²) in [6, 6.07) is 0. The zero-order chi connectivity index (χ0) is 6.91. The monoisotopic (exact) mass is 203 g/mol. The summed E-state index contributed by atoms with van der Waals surface area (Å²) in [5.74, 6) is 0.277. The molecule has 0 fully saturated rings. The first-order valence-corrected chi connectivity index (χ1v) is 4.58. The molecule has 1 rings (SSSR count). The van der Waals surface area contributed by atoms with Crippen LogP contribution in [0.2, 0.25) is 0 Å². The van der Waals surface area contributed by atoms with Gasteiger partial charge in [0.1, 0.15) is 0 Å². The molecule has 7 heteroatoms. The highest BCUT2D eigenvalue weighted by molar-refractivity contribution is 8.03. The van der Waals surface area contributed by atoms with Crippen molar-refractivity contribution < 1.29 is 13.0 Å². The van der Waals surface area contributed by atoms with Crippen LogP contribution in [0, 0.1) is 0 Å². The molecule has 0 amide bonds. The molecule has 10 heavy (non-hydrogen) atoms. The first-order valence-electron chi connectivity index (χ1n) is 2.13. The van der Waals surface area contributed by atoms with Crippen LogP contribution in [-0.4, -0.2) is 23.2 Å². The summed E-state index contributed by atoms with van der Waals surface area (Å²) in [6.07, 6.45) is 1.32. The minimum atomic E-state index is -3.98. The predicted octanol–water partition coefficient (Wildman–Crippen LogP) is 0.689. The average molecular weight is 204 g/mol. The van der Waals surface area contributed by atoms with E-state index in [1.54, 1.807) is 5.41 Å². The van der Waals surface area contributed by atoms with Crippen LogP contribution in [0.1, 0.15) is 0 Å². The van der Waals surface area contributed by atoms with Crippen LogP contribution in [0.25, 0.3) is 0 Å². The summed E-state index contributed by atoms with van der Waals surface area (Å²) >= 11 is 1.32. The average Bonchev–Trinajstić information content (AvgIpc) is 2.08. The standard InChI is InChI=1S/C3H5NO3S2.ClH/c5-9(6,7)4-1-2-8-3-4;/h1-2H,3H2,(H,5,6,7);1H. The van der Waals surface area contributed by atoms with Crippen LogP contribution in [0.15, 0.2) is 11.6 Å². The molecule has 0 spiro atoms. The third-order valence-corrected chi connectivity index (χ3v) is 2.57. The Kier molecular flexibility index (Phi) is 3.50. The topological polar surface area (TPSA) is 57.6 Å². The Labute approximate surface area is 69.6 Å². The maximum atomic E-state index is 10.3. The van der Waals surface area contributed by atoms with E-state index in [4.69, 9.17) is 4.55 Å². The smallest absolute Gasteiger partial charge is 0.269 e. The molecule has 1 aliphatic rings. The normalized spacial score (nSPS) is 17.1. The first kappa shape index (κ1) is 10.1. The third kappa shape index (κ3) is 2.37. The molecule has 0 aliphatic carbocycles. The molecule has 1 heterocycles. The second-order valence-corrected chi connectivity index (χ2v) is 3.67. The molecule has 0 radical (unpaired) electrons. The highest BCUT2D eigenvalue weighted by atomic mass is 35.5. The molecule has 0 atom stereocenters. The van der Waals surface area contributed by atoms with Gasteiger partial charge in [-0.3, -0.25) is 4.55 Å². The number of halogens is 1. The molecule has 0 unspecified atom stereocenters. The van der Waals surface area contributed by atoms with Crippen LogP contribution in [-0.2, 0) is 10.3 Å². The molecule has 0 saturated carbocycles. The Morgan fingerprint density at radius 2 is 2.20 bits per heavy atom. The molecule has 0 aromatic rings. The quantitative estimate of drug-likeness (QED) is 0.637. The van der Waals surface area contributed by atoms with Gasteiger partial charge < -0.3 is 0 Å². The zero-order valence-corrected chi connectivity index (χ0v) is 7.25. The lowest BCUT2D eigenvalue weighted by atomic mass is 11.0. The fraction of sp³-hybridized carbons (Fsp3) is 0.333. The maximum Gasteiger partial charge on any atom is 0.360 e. The maximum absolute atomic E-state index is 10.3. The largest absolute Gasteiger partial charge is 0.360 e. The van der Waals surface area contributed by atoms with Gasteiger partial charge in [-0.2, -0.15) is 8.42 Å². The van der Waals surface area contributed by atoms with Crippen LogP contribution < -0.4 is 0 Å². The van der Waals surface area contributed by atoms with Gasteiger partial charge in [-0.05, 0) is 5.41 Å². The second-order valence-electron chi connectivity index (χ2n) is 1.45. The van der Waals surface area contributed by atoms with Crippen LogP contribution in [0.3, 0.4) is 0 Å². The molecular formula is C3H6ClNO3S2. The summed E-state index contributed by atoms with van der Waals surface area (Å²) in [5.41, 5.74) is 0. The third-order valence-electron chi connectivity index (χ3n) is 0.821. The lowest BCUT2D eigenvalue weighted by Crippen LogP contribution is -2.21. The van der Waals surface area contributed by atoms with E-state index < -0.39 is 10.3 Å².